The highest BCUT2D eigenvalue weighted by molar-refractivity contribution is 5.69. The fraction of sp³-hybridized carbons (Fsp3) is 0.478. The smallest absolute Gasteiger partial charge is 0.408 e. The van der Waals surface area contributed by atoms with Crippen LogP contribution < -0.4 is 10.6 Å². The summed E-state index contributed by atoms with van der Waals surface area (Å²) in [7, 11) is 0. The van der Waals surface area contributed by atoms with E-state index < -0.39 is 0 Å². The van der Waals surface area contributed by atoms with E-state index in [1.54, 1.807) is 6.20 Å². The van der Waals surface area contributed by atoms with Gasteiger partial charge in [0, 0.05) is 18.2 Å². The second-order valence-corrected chi connectivity index (χ2v) is 8.05. The van der Waals surface area contributed by atoms with E-state index in [1.807, 2.05) is 36.4 Å². The first kappa shape index (κ1) is 18.8. The Labute approximate surface area is 166 Å². The molecule has 2 aromatic rings. The van der Waals surface area contributed by atoms with Crippen LogP contribution in [0.5, 0.6) is 0 Å². The summed E-state index contributed by atoms with van der Waals surface area (Å²) in [5, 5.41) is 6.82. The first-order chi connectivity index (χ1) is 13.7. The number of nitrogens with one attached hydrogen (secondary N) is 2. The standard InChI is InChI=1S/C23H29N3O2/c1-16-20(18-11-6-3-7-12-18)25-19-13-8-14-24-22(19)21(16)26-23(27)28-15-17-9-4-2-5-10-17/h2,4-5,8-10,13-14,16,18,20-21,25H,3,6-7,11-12,15H2,1H3,(H,26,27)/t16-,20?,21?/m0/s1. The molecule has 0 radical (unpaired) electrons. The average Bonchev–Trinajstić information content (AvgIpc) is 2.75. The number of carbonyl (C=O) groups is 1. The van der Waals surface area contributed by atoms with Gasteiger partial charge in [0.15, 0.2) is 0 Å². The number of alkyl carbamates (subject to hydrolysis) is 1. The zero-order valence-corrected chi connectivity index (χ0v) is 16.4. The van der Waals surface area contributed by atoms with Crippen molar-refractivity contribution >= 4 is 11.8 Å². The molecule has 2 N–H and O–H groups in total. The minimum absolute atomic E-state index is 0.146. The zero-order valence-electron chi connectivity index (χ0n) is 16.4. The van der Waals surface area contributed by atoms with Gasteiger partial charge in [0.1, 0.15) is 6.61 Å². The van der Waals surface area contributed by atoms with Gasteiger partial charge in [-0.3, -0.25) is 4.98 Å². The molecule has 5 nitrogen and oxygen atoms in total. The maximum atomic E-state index is 12.5. The Kier molecular flexibility index (Phi) is 5.79. The fourth-order valence-corrected chi connectivity index (χ4v) is 4.69. The van der Waals surface area contributed by atoms with Gasteiger partial charge in [0.25, 0.3) is 0 Å². The number of rotatable bonds is 4. The molecule has 3 atom stereocenters. The van der Waals surface area contributed by atoms with Gasteiger partial charge >= 0.3 is 6.09 Å². The van der Waals surface area contributed by atoms with Crippen molar-refractivity contribution in [3.8, 4) is 0 Å². The van der Waals surface area contributed by atoms with E-state index in [1.165, 1.54) is 32.1 Å². The Morgan fingerprint density at radius 1 is 1.14 bits per heavy atom. The largest absolute Gasteiger partial charge is 0.445 e. The molecule has 1 aromatic heterocycles. The van der Waals surface area contributed by atoms with E-state index in [2.05, 4.69) is 28.6 Å². The number of amides is 1. The molecule has 0 bridgehead atoms. The van der Waals surface area contributed by atoms with Gasteiger partial charge in [0.2, 0.25) is 0 Å². The van der Waals surface area contributed by atoms with Gasteiger partial charge in [-0.15, -0.1) is 0 Å². The lowest BCUT2D eigenvalue weighted by atomic mass is 9.74. The van der Waals surface area contributed by atoms with Crippen LogP contribution in [0.1, 0.15) is 56.3 Å². The monoisotopic (exact) mass is 379 g/mol. The van der Waals surface area contributed by atoms with Gasteiger partial charge in [0.05, 0.1) is 17.4 Å². The number of hydrogen-bond acceptors (Lipinski definition) is 4. The number of fused-ring (bicyclic) bond motifs is 1. The third-order valence-corrected chi connectivity index (χ3v) is 6.19. The second kappa shape index (κ2) is 8.63. The molecule has 1 saturated carbocycles. The number of anilines is 1. The lowest BCUT2D eigenvalue weighted by Gasteiger charge is -2.43. The molecule has 28 heavy (non-hydrogen) atoms. The number of aromatic nitrogens is 1. The first-order valence-corrected chi connectivity index (χ1v) is 10.4. The summed E-state index contributed by atoms with van der Waals surface area (Å²) in [4.78, 5) is 17.1. The lowest BCUT2D eigenvalue weighted by Crippen LogP contribution is -2.48. The summed E-state index contributed by atoms with van der Waals surface area (Å²) in [5.74, 6) is 0.886. The Hall–Kier alpha value is -2.56. The van der Waals surface area contributed by atoms with Crippen LogP contribution in [0.15, 0.2) is 48.7 Å². The van der Waals surface area contributed by atoms with E-state index in [0.717, 1.165) is 16.9 Å². The summed E-state index contributed by atoms with van der Waals surface area (Å²) in [6.45, 7) is 2.49. The quantitative estimate of drug-likeness (QED) is 0.779. The van der Waals surface area contributed by atoms with E-state index in [9.17, 15) is 4.79 Å². The molecule has 1 amide bonds. The number of ether oxygens (including phenoxy) is 1. The maximum absolute atomic E-state index is 12.5. The number of nitrogens with zero attached hydrogens (tertiary/aromatic N) is 1. The van der Waals surface area contributed by atoms with Crippen molar-refractivity contribution in [3.05, 3.63) is 59.9 Å². The highest BCUT2D eigenvalue weighted by Gasteiger charge is 2.39. The predicted molar refractivity (Wildman–Crippen MR) is 110 cm³/mol. The van der Waals surface area contributed by atoms with Gasteiger partial charge in [-0.1, -0.05) is 56.5 Å². The Balaban J connectivity index is 1.48. The van der Waals surface area contributed by atoms with Crippen molar-refractivity contribution in [1.29, 1.82) is 0 Å². The van der Waals surface area contributed by atoms with Crippen LogP contribution in [0.25, 0.3) is 0 Å². The SMILES string of the molecule is C[C@@H]1C(NC(=O)OCc2ccccc2)c2ncccc2NC1C1CCCCC1. The highest BCUT2D eigenvalue weighted by Crippen LogP contribution is 2.41. The number of carbonyl (C=O) groups excluding carboxylic acids is 1. The van der Waals surface area contributed by atoms with Crippen LogP contribution in [0.4, 0.5) is 10.5 Å². The molecule has 1 fully saturated rings. The molecule has 1 aliphatic carbocycles. The molecule has 2 aliphatic rings. The van der Waals surface area contributed by atoms with Crippen LogP contribution in [0.2, 0.25) is 0 Å². The predicted octanol–water partition coefficient (Wildman–Crippen LogP) is 5.06. The molecular formula is C23H29N3O2. The molecular weight excluding hydrogens is 350 g/mol. The molecule has 0 spiro atoms. The van der Waals surface area contributed by atoms with Crippen LogP contribution >= 0.6 is 0 Å². The van der Waals surface area contributed by atoms with Gasteiger partial charge in [-0.2, -0.15) is 0 Å². The summed E-state index contributed by atoms with van der Waals surface area (Å²) in [6, 6.07) is 14.0. The van der Waals surface area contributed by atoms with Crippen molar-refractivity contribution in [2.75, 3.05) is 5.32 Å². The minimum atomic E-state index is -0.387. The fourth-order valence-electron chi connectivity index (χ4n) is 4.69. The maximum Gasteiger partial charge on any atom is 0.408 e. The van der Waals surface area contributed by atoms with Crippen LogP contribution in [-0.2, 0) is 11.3 Å². The molecule has 2 heterocycles. The summed E-state index contributed by atoms with van der Waals surface area (Å²) in [6.07, 6.45) is 7.84. The van der Waals surface area contributed by atoms with Crippen molar-refractivity contribution in [2.45, 2.75) is 57.7 Å². The molecule has 4 rings (SSSR count). The molecule has 1 aromatic carbocycles. The van der Waals surface area contributed by atoms with E-state index in [-0.39, 0.29) is 24.7 Å². The van der Waals surface area contributed by atoms with E-state index >= 15 is 0 Å². The van der Waals surface area contributed by atoms with E-state index in [4.69, 9.17) is 4.74 Å². The first-order valence-electron chi connectivity index (χ1n) is 10.4. The molecule has 148 valence electrons. The van der Waals surface area contributed by atoms with Crippen molar-refractivity contribution in [3.63, 3.8) is 0 Å². The van der Waals surface area contributed by atoms with Crippen molar-refractivity contribution < 1.29 is 9.53 Å². The Morgan fingerprint density at radius 3 is 2.71 bits per heavy atom. The van der Waals surface area contributed by atoms with Crippen LogP contribution in [0, 0.1) is 11.8 Å². The summed E-state index contributed by atoms with van der Waals surface area (Å²) < 4.78 is 5.48. The third-order valence-electron chi connectivity index (χ3n) is 6.19. The van der Waals surface area contributed by atoms with Crippen molar-refractivity contribution in [2.24, 2.45) is 11.8 Å². The second-order valence-electron chi connectivity index (χ2n) is 8.05. The third kappa shape index (κ3) is 4.13. The highest BCUT2D eigenvalue weighted by atomic mass is 16.5. The van der Waals surface area contributed by atoms with Crippen LogP contribution in [-0.4, -0.2) is 17.1 Å². The molecule has 2 unspecified atom stereocenters. The lowest BCUT2D eigenvalue weighted by molar-refractivity contribution is 0.127. The normalized spacial score (nSPS) is 24.7. The van der Waals surface area contributed by atoms with E-state index in [0.29, 0.717) is 12.0 Å². The average molecular weight is 380 g/mol. The Bertz CT molecular complexity index is 789. The molecule has 1 aliphatic heterocycles. The van der Waals surface area contributed by atoms with Crippen molar-refractivity contribution in [1.82, 2.24) is 10.3 Å². The number of benzene rings is 1. The van der Waals surface area contributed by atoms with Gasteiger partial charge in [-0.25, -0.2) is 4.79 Å². The summed E-state index contributed by atoms with van der Waals surface area (Å²) in [5.41, 5.74) is 2.91. The zero-order chi connectivity index (χ0) is 19.3. The summed E-state index contributed by atoms with van der Waals surface area (Å²) >= 11 is 0. The Morgan fingerprint density at radius 2 is 1.93 bits per heavy atom. The van der Waals surface area contributed by atoms with Gasteiger partial charge in [-0.05, 0) is 36.5 Å². The number of hydrogen-bond donors (Lipinski definition) is 2. The van der Waals surface area contributed by atoms with Gasteiger partial charge < -0.3 is 15.4 Å². The minimum Gasteiger partial charge on any atom is -0.445 e. The molecule has 0 saturated heterocycles. The topological polar surface area (TPSA) is 63.2 Å². The number of pyridine rings is 1. The molecule has 5 heteroatoms. The van der Waals surface area contributed by atoms with Crippen LogP contribution in [0.3, 0.4) is 0 Å².